The lowest BCUT2D eigenvalue weighted by Gasteiger charge is -2.21. The lowest BCUT2D eigenvalue weighted by molar-refractivity contribution is -0.133. The molecule has 0 aromatic carbocycles. The highest BCUT2D eigenvalue weighted by molar-refractivity contribution is 5.79. The molecule has 0 radical (unpaired) electrons. The average molecular weight is 292 g/mol. The molecule has 0 N–H and O–H groups in total. The fourth-order valence-corrected chi connectivity index (χ4v) is 2.01. The van der Waals surface area contributed by atoms with Crippen LogP contribution >= 0.6 is 0 Å². The van der Waals surface area contributed by atoms with Gasteiger partial charge in [-0.1, -0.05) is 0 Å². The van der Waals surface area contributed by atoms with E-state index in [0.717, 1.165) is 5.82 Å². The molecular formula is C13H20N6O2. The number of rotatable bonds is 7. The summed E-state index contributed by atoms with van der Waals surface area (Å²) in [5.41, 5.74) is 0. The number of carbonyl (C=O) groups is 1. The molecule has 2 aromatic heterocycles. The van der Waals surface area contributed by atoms with Gasteiger partial charge in [0.1, 0.15) is 12.4 Å². The number of nitrogens with zero attached hydrogens (tertiary/aromatic N) is 6. The first-order valence-corrected chi connectivity index (χ1v) is 6.71. The SMILES string of the molecule is COCCn1cnnc1CN(C)C(=O)[C@@H](C)n1ccnc1. The van der Waals surface area contributed by atoms with Crippen LogP contribution in [-0.2, 0) is 22.6 Å². The summed E-state index contributed by atoms with van der Waals surface area (Å²) >= 11 is 0. The predicted molar refractivity (Wildman–Crippen MR) is 75.3 cm³/mol. The Labute approximate surface area is 123 Å². The van der Waals surface area contributed by atoms with Crippen LogP contribution < -0.4 is 0 Å². The highest BCUT2D eigenvalue weighted by Gasteiger charge is 2.20. The van der Waals surface area contributed by atoms with Crippen molar-refractivity contribution >= 4 is 5.91 Å². The normalized spacial score (nSPS) is 12.3. The number of amides is 1. The third-order valence-electron chi connectivity index (χ3n) is 3.32. The van der Waals surface area contributed by atoms with Crippen molar-refractivity contribution in [3.63, 3.8) is 0 Å². The molecule has 0 bridgehead atoms. The van der Waals surface area contributed by atoms with Gasteiger partial charge in [-0.05, 0) is 6.92 Å². The molecule has 0 saturated carbocycles. The van der Waals surface area contributed by atoms with Gasteiger partial charge in [-0.25, -0.2) is 4.98 Å². The van der Waals surface area contributed by atoms with Crippen LogP contribution in [0, 0.1) is 0 Å². The van der Waals surface area contributed by atoms with Crippen molar-refractivity contribution in [3.8, 4) is 0 Å². The van der Waals surface area contributed by atoms with Crippen LogP contribution in [0.5, 0.6) is 0 Å². The van der Waals surface area contributed by atoms with Crippen molar-refractivity contribution in [2.75, 3.05) is 20.8 Å². The van der Waals surface area contributed by atoms with Gasteiger partial charge < -0.3 is 18.8 Å². The van der Waals surface area contributed by atoms with E-state index in [9.17, 15) is 4.79 Å². The van der Waals surface area contributed by atoms with Gasteiger partial charge in [-0.3, -0.25) is 4.79 Å². The Hall–Kier alpha value is -2.22. The fourth-order valence-electron chi connectivity index (χ4n) is 2.01. The molecule has 0 fully saturated rings. The third-order valence-corrected chi connectivity index (χ3v) is 3.32. The molecular weight excluding hydrogens is 272 g/mol. The first-order valence-electron chi connectivity index (χ1n) is 6.71. The van der Waals surface area contributed by atoms with Crippen LogP contribution in [0.2, 0.25) is 0 Å². The molecule has 2 rings (SSSR count). The zero-order valence-electron chi connectivity index (χ0n) is 12.5. The van der Waals surface area contributed by atoms with E-state index >= 15 is 0 Å². The summed E-state index contributed by atoms with van der Waals surface area (Å²) in [5.74, 6) is 0.732. The van der Waals surface area contributed by atoms with Crippen molar-refractivity contribution in [3.05, 3.63) is 30.9 Å². The molecule has 0 aliphatic carbocycles. The van der Waals surface area contributed by atoms with E-state index in [-0.39, 0.29) is 11.9 Å². The molecule has 0 spiro atoms. The second-order valence-electron chi connectivity index (χ2n) is 4.81. The van der Waals surface area contributed by atoms with Gasteiger partial charge in [0, 0.05) is 33.1 Å². The Balaban J connectivity index is 1.99. The Morgan fingerprint density at radius 2 is 2.29 bits per heavy atom. The molecule has 8 heteroatoms. The van der Waals surface area contributed by atoms with E-state index in [2.05, 4.69) is 15.2 Å². The van der Waals surface area contributed by atoms with Crippen LogP contribution in [0.15, 0.2) is 25.0 Å². The monoisotopic (exact) mass is 292 g/mol. The van der Waals surface area contributed by atoms with Gasteiger partial charge in [0.2, 0.25) is 5.91 Å². The average Bonchev–Trinajstić information content (AvgIpc) is 3.15. The molecule has 0 saturated heterocycles. The number of carbonyl (C=O) groups excluding carboxylic acids is 1. The second-order valence-corrected chi connectivity index (χ2v) is 4.81. The van der Waals surface area contributed by atoms with E-state index in [0.29, 0.717) is 19.7 Å². The predicted octanol–water partition coefficient (Wildman–Crippen LogP) is 0.341. The Kier molecular flexibility index (Phi) is 5.04. The van der Waals surface area contributed by atoms with Gasteiger partial charge in [0.25, 0.3) is 0 Å². The first-order chi connectivity index (χ1) is 10.1. The maximum atomic E-state index is 12.4. The van der Waals surface area contributed by atoms with Crippen molar-refractivity contribution in [1.29, 1.82) is 0 Å². The molecule has 21 heavy (non-hydrogen) atoms. The van der Waals surface area contributed by atoms with Gasteiger partial charge in [0.15, 0.2) is 5.82 Å². The summed E-state index contributed by atoms with van der Waals surface area (Å²) in [4.78, 5) is 18.0. The molecule has 2 aromatic rings. The minimum Gasteiger partial charge on any atom is -0.383 e. The van der Waals surface area contributed by atoms with Crippen molar-refractivity contribution < 1.29 is 9.53 Å². The Bertz CT molecular complexity index is 565. The van der Waals surface area contributed by atoms with Gasteiger partial charge >= 0.3 is 0 Å². The van der Waals surface area contributed by atoms with E-state index < -0.39 is 0 Å². The topological polar surface area (TPSA) is 78.1 Å². The van der Waals surface area contributed by atoms with Gasteiger partial charge in [-0.2, -0.15) is 0 Å². The summed E-state index contributed by atoms with van der Waals surface area (Å²) < 4.78 is 8.70. The summed E-state index contributed by atoms with van der Waals surface area (Å²) in [6.07, 6.45) is 6.71. The summed E-state index contributed by atoms with van der Waals surface area (Å²) in [6, 6.07) is -0.298. The highest BCUT2D eigenvalue weighted by atomic mass is 16.5. The third kappa shape index (κ3) is 3.66. The molecule has 2 heterocycles. The minimum atomic E-state index is -0.298. The van der Waals surface area contributed by atoms with Crippen LogP contribution in [-0.4, -0.2) is 55.9 Å². The summed E-state index contributed by atoms with van der Waals surface area (Å²) in [5, 5.41) is 7.94. The van der Waals surface area contributed by atoms with Crippen molar-refractivity contribution in [2.24, 2.45) is 0 Å². The number of aromatic nitrogens is 5. The molecule has 114 valence electrons. The van der Waals surface area contributed by atoms with Gasteiger partial charge in [-0.15, -0.1) is 10.2 Å². The Morgan fingerprint density at radius 3 is 2.95 bits per heavy atom. The first kappa shape index (κ1) is 15.2. The fraction of sp³-hybridized carbons (Fsp3) is 0.538. The van der Waals surface area contributed by atoms with E-state index in [1.807, 2.05) is 11.5 Å². The zero-order valence-corrected chi connectivity index (χ0v) is 12.5. The number of imidazole rings is 1. The van der Waals surface area contributed by atoms with Crippen molar-refractivity contribution in [2.45, 2.75) is 26.1 Å². The van der Waals surface area contributed by atoms with Crippen LogP contribution in [0.4, 0.5) is 0 Å². The molecule has 0 unspecified atom stereocenters. The largest absolute Gasteiger partial charge is 0.383 e. The van der Waals surface area contributed by atoms with Crippen LogP contribution in [0.1, 0.15) is 18.8 Å². The van der Waals surface area contributed by atoms with Crippen LogP contribution in [0.3, 0.4) is 0 Å². The lowest BCUT2D eigenvalue weighted by Crippen LogP contribution is -2.33. The van der Waals surface area contributed by atoms with E-state index in [4.69, 9.17) is 4.74 Å². The summed E-state index contributed by atoms with van der Waals surface area (Å²) in [6.45, 7) is 3.49. The quantitative estimate of drug-likeness (QED) is 0.735. The lowest BCUT2D eigenvalue weighted by atomic mass is 10.3. The highest BCUT2D eigenvalue weighted by Crippen LogP contribution is 2.10. The maximum Gasteiger partial charge on any atom is 0.245 e. The number of hydrogen-bond acceptors (Lipinski definition) is 5. The maximum absolute atomic E-state index is 12.4. The minimum absolute atomic E-state index is 0.00529. The van der Waals surface area contributed by atoms with Crippen LogP contribution in [0.25, 0.3) is 0 Å². The zero-order chi connectivity index (χ0) is 15.2. The number of likely N-dealkylation sites (N-methyl/N-ethyl adjacent to an activating group) is 1. The molecule has 1 amide bonds. The Morgan fingerprint density at radius 1 is 1.48 bits per heavy atom. The standard InChI is InChI=1S/C13H20N6O2/c1-11(18-5-4-14-9-18)13(20)17(2)8-12-16-15-10-19(12)6-7-21-3/h4-5,9-11H,6-8H2,1-3H3/t11-/m1/s1. The molecule has 8 nitrogen and oxygen atoms in total. The smallest absolute Gasteiger partial charge is 0.245 e. The number of hydrogen-bond donors (Lipinski definition) is 0. The summed E-state index contributed by atoms with van der Waals surface area (Å²) in [7, 11) is 3.40. The number of methoxy groups -OCH3 is 1. The van der Waals surface area contributed by atoms with Gasteiger partial charge in [0.05, 0.1) is 19.5 Å². The molecule has 0 aliphatic rings. The molecule has 0 aliphatic heterocycles. The molecule has 1 atom stereocenters. The van der Waals surface area contributed by atoms with E-state index in [1.54, 1.807) is 48.7 Å². The second kappa shape index (κ2) is 6.98. The van der Waals surface area contributed by atoms with Crippen molar-refractivity contribution in [1.82, 2.24) is 29.2 Å². The van der Waals surface area contributed by atoms with E-state index in [1.165, 1.54) is 0 Å². The number of ether oxygens (including phenoxy) is 1.